The quantitative estimate of drug-likeness (QED) is 0.602. The highest BCUT2D eigenvalue weighted by atomic mass is 32.2. The molecule has 0 bridgehead atoms. The van der Waals surface area contributed by atoms with Crippen molar-refractivity contribution >= 4 is 11.8 Å². The van der Waals surface area contributed by atoms with Crippen LogP contribution in [-0.4, -0.2) is 28.8 Å². The predicted octanol–water partition coefficient (Wildman–Crippen LogP) is 2.65. The van der Waals surface area contributed by atoms with Crippen LogP contribution in [0.25, 0.3) is 0 Å². The summed E-state index contributed by atoms with van der Waals surface area (Å²) < 4.78 is 0. The molecule has 0 aromatic carbocycles. The Labute approximate surface area is 99.0 Å². The van der Waals surface area contributed by atoms with Gasteiger partial charge >= 0.3 is 0 Å². The molecule has 2 nitrogen and oxygen atoms in total. The Balaban J connectivity index is 3.29. The lowest BCUT2D eigenvalue weighted by molar-refractivity contribution is 0.0670. The third kappa shape index (κ3) is 12.2. The van der Waals surface area contributed by atoms with Crippen LogP contribution >= 0.6 is 11.8 Å². The van der Waals surface area contributed by atoms with Crippen molar-refractivity contribution in [3.8, 4) is 0 Å². The molecule has 0 aliphatic heterocycles. The molecule has 92 valence electrons. The molecule has 1 unspecified atom stereocenters. The van der Waals surface area contributed by atoms with Crippen molar-refractivity contribution in [1.82, 2.24) is 0 Å². The molecular formula is C12H27NOS. The van der Waals surface area contributed by atoms with Crippen molar-refractivity contribution in [2.45, 2.75) is 52.1 Å². The Morgan fingerprint density at radius 2 is 1.93 bits per heavy atom. The lowest BCUT2D eigenvalue weighted by Crippen LogP contribution is -2.18. The summed E-state index contributed by atoms with van der Waals surface area (Å²) in [5.74, 6) is 3.08. The maximum absolute atomic E-state index is 9.56. The molecule has 0 aliphatic carbocycles. The third-order valence-electron chi connectivity index (χ3n) is 2.50. The fraction of sp³-hybridized carbons (Fsp3) is 1.00. The molecule has 0 spiro atoms. The maximum Gasteiger partial charge on any atom is 0.0591 e. The third-order valence-corrected chi connectivity index (χ3v) is 3.55. The van der Waals surface area contributed by atoms with Crippen molar-refractivity contribution in [3.63, 3.8) is 0 Å². The number of hydrogen-bond acceptors (Lipinski definition) is 3. The van der Waals surface area contributed by atoms with Crippen LogP contribution in [0.3, 0.4) is 0 Å². The van der Waals surface area contributed by atoms with Gasteiger partial charge in [-0.25, -0.2) is 0 Å². The van der Waals surface area contributed by atoms with Crippen LogP contribution in [-0.2, 0) is 0 Å². The molecule has 0 saturated carbocycles. The Kier molecular flexibility index (Phi) is 8.58. The molecule has 0 aromatic rings. The summed E-state index contributed by atoms with van der Waals surface area (Å²) >= 11 is 1.95. The fourth-order valence-electron chi connectivity index (χ4n) is 1.50. The van der Waals surface area contributed by atoms with Crippen molar-refractivity contribution < 1.29 is 5.11 Å². The number of hydrogen-bond donors (Lipinski definition) is 2. The van der Waals surface area contributed by atoms with Crippen molar-refractivity contribution in [3.05, 3.63) is 0 Å². The number of thioether (sulfide) groups is 1. The second-order valence-corrected chi connectivity index (χ2v) is 6.22. The van der Waals surface area contributed by atoms with E-state index < -0.39 is 5.60 Å². The summed E-state index contributed by atoms with van der Waals surface area (Å²) in [4.78, 5) is 0. The molecule has 0 fully saturated rings. The number of aliphatic hydroxyl groups is 1. The minimum absolute atomic E-state index is 0.492. The first-order valence-corrected chi connectivity index (χ1v) is 7.11. The molecule has 0 heterocycles. The lowest BCUT2D eigenvalue weighted by atomic mass is 9.96. The SMILES string of the molecule is CC(CCCC(C)(C)O)CCSCCN. The van der Waals surface area contributed by atoms with Gasteiger partial charge in [-0.1, -0.05) is 19.8 Å². The molecule has 0 aliphatic rings. The molecule has 0 saturated heterocycles. The fourth-order valence-corrected chi connectivity index (χ4v) is 2.44. The van der Waals surface area contributed by atoms with Gasteiger partial charge in [-0.3, -0.25) is 0 Å². The Bertz CT molecular complexity index is 145. The van der Waals surface area contributed by atoms with E-state index in [1.165, 1.54) is 18.6 Å². The Morgan fingerprint density at radius 3 is 2.47 bits per heavy atom. The van der Waals surface area contributed by atoms with E-state index in [1.807, 2.05) is 25.6 Å². The van der Waals surface area contributed by atoms with Gasteiger partial charge in [-0.15, -0.1) is 0 Å². The van der Waals surface area contributed by atoms with Crippen LogP contribution in [0.5, 0.6) is 0 Å². The Hall–Kier alpha value is 0.270. The average Bonchev–Trinajstić information content (AvgIpc) is 2.10. The van der Waals surface area contributed by atoms with Gasteiger partial charge in [0.15, 0.2) is 0 Å². The Morgan fingerprint density at radius 1 is 1.27 bits per heavy atom. The molecule has 15 heavy (non-hydrogen) atoms. The van der Waals surface area contributed by atoms with Crippen LogP contribution in [0.4, 0.5) is 0 Å². The second-order valence-electron chi connectivity index (χ2n) is 5.00. The van der Waals surface area contributed by atoms with E-state index in [9.17, 15) is 5.11 Å². The monoisotopic (exact) mass is 233 g/mol. The summed E-state index contributed by atoms with van der Waals surface area (Å²) in [6, 6.07) is 0. The zero-order valence-corrected chi connectivity index (χ0v) is 11.3. The van der Waals surface area contributed by atoms with Gasteiger partial charge in [0.2, 0.25) is 0 Å². The number of rotatable bonds is 9. The average molecular weight is 233 g/mol. The molecule has 3 heteroatoms. The highest BCUT2D eigenvalue weighted by Gasteiger charge is 2.12. The van der Waals surface area contributed by atoms with E-state index in [0.29, 0.717) is 0 Å². The second kappa shape index (κ2) is 8.43. The molecular weight excluding hydrogens is 206 g/mol. The largest absolute Gasteiger partial charge is 0.390 e. The van der Waals surface area contributed by atoms with E-state index in [2.05, 4.69) is 6.92 Å². The summed E-state index contributed by atoms with van der Waals surface area (Å²) in [5.41, 5.74) is 4.93. The van der Waals surface area contributed by atoms with Crippen LogP contribution in [0.2, 0.25) is 0 Å². The topological polar surface area (TPSA) is 46.2 Å². The first-order chi connectivity index (χ1) is 6.95. The lowest BCUT2D eigenvalue weighted by Gasteiger charge is -2.18. The first-order valence-electron chi connectivity index (χ1n) is 5.96. The van der Waals surface area contributed by atoms with E-state index in [0.717, 1.165) is 31.1 Å². The van der Waals surface area contributed by atoms with E-state index in [-0.39, 0.29) is 0 Å². The molecule has 0 rings (SSSR count). The standard InChI is InChI=1S/C12H27NOS/c1-11(6-9-15-10-8-13)5-4-7-12(2,3)14/h11,14H,4-10,13H2,1-3H3. The maximum atomic E-state index is 9.56. The highest BCUT2D eigenvalue weighted by molar-refractivity contribution is 7.99. The van der Waals surface area contributed by atoms with Crippen LogP contribution in [0.1, 0.15) is 46.5 Å². The predicted molar refractivity (Wildman–Crippen MR) is 70.3 cm³/mol. The minimum Gasteiger partial charge on any atom is -0.390 e. The minimum atomic E-state index is -0.492. The first kappa shape index (κ1) is 15.3. The molecule has 1 atom stereocenters. The van der Waals surface area contributed by atoms with Crippen LogP contribution < -0.4 is 5.73 Å². The summed E-state index contributed by atoms with van der Waals surface area (Å²) in [5, 5.41) is 9.56. The molecule has 0 amide bonds. The van der Waals surface area contributed by atoms with Gasteiger partial charge in [0.25, 0.3) is 0 Å². The van der Waals surface area contributed by atoms with Gasteiger partial charge in [-0.05, 0) is 38.4 Å². The zero-order chi connectivity index (χ0) is 11.7. The van der Waals surface area contributed by atoms with E-state index >= 15 is 0 Å². The summed E-state index contributed by atoms with van der Waals surface area (Å²) in [6.45, 7) is 6.86. The van der Waals surface area contributed by atoms with Gasteiger partial charge in [0.05, 0.1) is 5.60 Å². The highest BCUT2D eigenvalue weighted by Crippen LogP contribution is 2.19. The van der Waals surface area contributed by atoms with Crippen molar-refractivity contribution in [1.29, 1.82) is 0 Å². The summed E-state index contributed by atoms with van der Waals surface area (Å²) in [7, 11) is 0. The van der Waals surface area contributed by atoms with Gasteiger partial charge < -0.3 is 10.8 Å². The van der Waals surface area contributed by atoms with Crippen LogP contribution in [0.15, 0.2) is 0 Å². The van der Waals surface area contributed by atoms with Crippen LogP contribution in [0, 0.1) is 5.92 Å². The van der Waals surface area contributed by atoms with E-state index in [4.69, 9.17) is 5.73 Å². The van der Waals surface area contributed by atoms with Crippen molar-refractivity contribution in [2.24, 2.45) is 11.7 Å². The summed E-state index contributed by atoms with van der Waals surface area (Å²) in [6.07, 6.45) is 4.54. The molecule has 3 N–H and O–H groups in total. The number of nitrogens with two attached hydrogens (primary N) is 1. The van der Waals surface area contributed by atoms with E-state index in [1.54, 1.807) is 0 Å². The van der Waals surface area contributed by atoms with Gasteiger partial charge in [0, 0.05) is 12.3 Å². The van der Waals surface area contributed by atoms with Crippen molar-refractivity contribution in [2.75, 3.05) is 18.1 Å². The zero-order valence-electron chi connectivity index (χ0n) is 10.5. The van der Waals surface area contributed by atoms with Gasteiger partial charge in [0.1, 0.15) is 0 Å². The smallest absolute Gasteiger partial charge is 0.0591 e. The molecule has 0 radical (unpaired) electrons. The molecule has 0 aromatic heterocycles. The van der Waals surface area contributed by atoms with Gasteiger partial charge in [-0.2, -0.15) is 11.8 Å². The normalized spacial score (nSPS) is 14.2.